The molecule has 2 fully saturated rings. The van der Waals surface area contributed by atoms with Gasteiger partial charge in [-0.05, 0) is 52.7 Å². The van der Waals surface area contributed by atoms with Crippen LogP contribution in [-0.4, -0.2) is 13.1 Å². The van der Waals surface area contributed by atoms with Crippen LogP contribution in [0.1, 0.15) is 51.4 Å². The first kappa shape index (κ1) is 20.5. The van der Waals surface area contributed by atoms with Gasteiger partial charge in [0.25, 0.3) is 0 Å². The van der Waals surface area contributed by atoms with Crippen LogP contribution in [-0.2, 0) is 0 Å². The van der Waals surface area contributed by atoms with Crippen molar-refractivity contribution in [1.29, 1.82) is 0 Å². The lowest BCUT2D eigenvalue weighted by Gasteiger charge is -2.38. The highest BCUT2D eigenvalue weighted by Crippen LogP contribution is 2.48. The van der Waals surface area contributed by atoms with E-state index in [0.717, 1.165) is 17.1 Å². The zero-order valence-corrected chi connectivity index (χ0v) is 19.3. The molecule has 1 N–H and O–H groups in total. The summed E-state index contributed by atoms with van der Waals surface area (Å²) in [7, 11) is -2.57. The zero-order valence-electron chi connectivity index (χ0n) is 18.3. The summed E-state index contributed by atoms with van der Waals surface area (Å²) in [5.41, 5.74) is 4.49. The fraction of sp³-hybridized carbons (Fsp3) is 0.357. The number of rotatable bonds is 6. The normalized spacial score (nSPS) is 17.8. The third-order valence-electron chi connectivity index (χ3n) is 7.55. The summed E-state index contributed by atoms with van der Waals surface area (Å²) in [4.78, 5) is 14.8. The van der Waals surface area contributed by atoms with Crippen molar-refractivity contribution in [2.24, 2.45) is 0 Å². The van der Waals surface area contributed by atoms with Crippen molar-refractivity contribution < 1.29 is 4.80 Å². The van der Waals surface area contributed by atoms with Crippen molar-refractivity contribution in [3.05, 3.63) is 84.9 Å². The Balaban J connectivity index is 1.60. The summed E-state index contributed by atoms with van der Waals surface area (Å²) in [6, 6.07) is 30.1. The predicted molar refractivity (Wildman–Crippen MR) is 133 cm³/mol. The number of nitrogens with zero attached hydrogens (tertiary/aromatic N) is 1. The summed E-state index contributed by atoms with van der Waals surface area (Å²) in [6.45, 7) is 0. The van der Waals surface area contributed by atoms with Crippen LogP contribution >= 0.6 is 0 Å². The van der Waals surface area contributed by atoms with Gasteiger partial charge in [-0.3, -0.25) is 0 Å². The minimum atomic E-state index is -2.57. The Morgan fingerprint density at radius 3 is 1.52 bits per heavy atom. The summed E-state index contributed by atoms with van der Waals surface area (Å²) >= 11 is 0. The average Bonchev–Trinajstić information content (AvgIpc) is 3.56. The largest absolute Gasteiger partial charge is 0.427 e. The molecule has 31 heavy (non-hydrogen) atoms. The fourth-order valence-electron chi connectivity index (χ4n) is 6.03. The SMILES string of the molecule is O[Si](c1cccc(N(c2ccccc2)c2ccccc2)c1)(C1CCCC1)C1CCCC1. The van der Waals surface area contributed by atoms with Gasteiger partial charge in [0, 0.05) is 17.1 Å². The van der Waals surface area contributed by atoms with Crippen LogP contribution in [0.25, 0.3) is 0 Å². The molecule has 0 aromatic heterocycles. The van der Waals surface area contributed by atoms with Gasteiger partial charge in [-0.15, -0.1) is 0 Å². The second kappa shape index (κ2) is 9.02. The van der Waals surface area contributed by atoms with Crippen LogP contribution < -0.4 is 10.1 Å². The van der Waals surface area contributed by atoms with E-state index in [4.69, 9.17) is 0 Å². The lowest BCUT2D eigenvalue weighted by atomic mass is 10.2. The van der Waals surface area contributed by atoms with E-state index in [9.17, 15) is 4.80 Å². The van der Waals surface area contributed by atoms with Crippen molar-refractivity contribution in [3.8, 4) is 0 Å². The summed E-state index contributed by atoms with van der Waals surface area (Å²) in [6.07, 6.45) is 9.99. The molecule has 3 aromatic carbocycles. The first-order valence-electron chi connectivity index (χ1n) is 12.0. The molecule has 0 heterocycles. The fourth-order valence-corrected chi connectivity index (χ4v) is 11.0. The Morgan fingerprint density at radius 2 is 1.03 bits per heavy atom. The molecule has 2 saturated carbocycles. The molecule has 3 aromatic rings. The van der Waals surface area contributed by atoms with Gasteiger partial charge in [0.05, 0.1) is 0 Å². The zero-order chi connectivity index (χ0) is 21.1. The van der Waals surface area contributed by atoms with Crippen LogP contribution in [0.4, 0.5) is 17.1 Å². The van der Waals surface area contributed by atoms with Crippen molar-refractivity contribution in [2.75, 3.05) is 4.90 Å². The lowest BCUT2D eigenvalue weighted by molar-refractivity contribution is 0.488. The van der Waals surface area contributed by atoms with Crippen molar-refractivity contribution in [1.82, 2.24) is 0 Å². The van der Waals surface area contributed by atoms with Crippen LogP contribution in [0.2, 0.25) is 11.1 Å². The van der Waals surface area contributed by atoms with Gasteiger partial charge < -0.3 is 9.70 Å². The molecule has 0 amide bonds. The van der Waals surface area contributed by atoms with E-state index in [1.165, 1.54) is 56.6 Å². The molecule has 5 rings (SSSR count). The maximum absolute atomic E-state index is 12.4. The van der Waals surface area contributed by atoms with Crippen molar-refractivity contribution in [3.63, 3.8) is 0 Å². The van der Waals surface area contributed by atoms with Crippen LogP contribution in [0.3, 0.4) is 0 Å². The first-order chi connectivity index (χ1) is 15.3. The molecule has 0 saturated heterocycles. The molecule has 0 aliphatic heterocycles. The van der Waals surface area contributed by atoms with Crippen LogP contribution in [0.5, 0.6) is 0 Å². The van der Waals surface area contributed by atoms with Crippen LogP contribution in [0, 0.1) is 0 Å². The first-order valence-corrected chi connectivity index (χ1v) is 14.1. The molecular weight excluding hydrogens is 394 g/mol. The third-order valence-corrected chi connectivity index (χ3v) is 12.4. The van der Waals surface area contributed by atoms with Gasteiger partial charge in [0.2, 0.25) is 8.32 Å². The maximum Gasteiger partial charge on any atom is 0.226 e. The summed E-state index contributed by atoms with van der Waals surface area (Å²) in [5.74, 6) is 0. The van der Waals surface area contributed by atoms with E-state index in [1.807, 2.05) is 0 Å². The number of hydrogen-bond donors (Lipinski definition) is 1. The van der Waals surface area contributed by atoms with E-state index in [-0.39, 0.29) is 0 Å². The van der Waals surface area contributed by atoms with Gasteiger partial charge in [-0.2, -0.15) is 0 Å². The molecule has 2 aliphatic rings. The monoisotopic (exact) mass is 427 g/mol. The molecule has 160 valence electrons. The molecule has 2 nitrogen and oxygen atoms in total. The quantitative estimate of drug-likeness (QED) is 0.421. The van der Waals surface area contributed by atoms with Gasteiger partial charge in [0.15, 0.2) is 0 Å². The standard InChI is InChI=1S/C28H33NOSi/c30-31(26-17-7-8-18-26,27-19-9-10-20-27)28-21-11-16-25(22-28)29(23-12-3-1-4-13-23)24-14-5-2-6-15-24/h1-6,11-16,21-22,26-27,30H,7-10,17-20H2. The van der Waals surface area contributed by atoms with Crippen molar-refractivity contribution >= 4 is 30.6 Å². The Hall–Kier alpha value is -2.36. The van der Waals surface area contributed by atoms with E-state index in [1.54, 1.807) is 0 Å². The Kier molecular flexibility index (Phi) is 5.97. The van der Waals surface area contributed by atoms with Crippen molar-refractivity contribution in [2.45, 2.75) is 62.4 Å². The molecule has 0 unspecified atom stereocenters. The minimum Gasteiger partial charge on any atom is -0.427 e. The van der Waals surface area contributed by atoms with Crippen LogP contribution in [0.15, 0.2) is 84.9 Å². The van der Waals surface area contributed by atoms with E-state index in [0.29, 0.717) is 11.1 Å². The molecular formula is C28H33NOSi. The van der Waals surface area contributed by atoms with E-state index >= 15 is 0 Å². The molecule has 0 atom stereocenters. The second-order valence-electron chi connectivity index (χ2n) is 9.34. The topological polar surface area (TPSA) is 23.5 Å². The number of benzene rings is 3. The average molecular weight is 428 g/mol. The molecule has 0 radical (unpaired) electrons. The third kappa shape index (κ3) is 3.97. The Labute approximate surface area is 187 Å². The number of hydrogen-bond acceptors (Lipinski definition) is 2. The molecule has 3 heteroatoms. The van der Waals surface area contributed by atoms with E-state index < -0.39 is 8.32 Å². The number of para-hydroxylation sites is 2. The second-order valence-corrected chi connectivity index (χ2v) is 13.2. The highest BCUT2D eigenvalue weighted by atomic mass is 28.4. The van der Waals surface area contributed by atoms with Gasteiger partial charge in [0.1, 0.15) is 0 Å². The summed E-state index contributed by atoms with van der Waals surface area (Å²) < 4.78 is 0. The highest BCUT2D eigenvalue weighted by molar-refractivity contribution is 6.88. The van der Waals surface area contributed by atoms with E-state index in [2.05, 4.69) is 89.8 Å². The Morgan fingerprint density at radius 1 is 0.581 bits per heavy atom. The molecule has 2 aliphatic carbocycles. The highest BCUT2D eigenvalue weighted by Gasteiger charge is 2.50. The van der Waals surface area contributed by atoms with Gasteiger partial charge >= 0.3 is 0 Å². The number of anilines is 3. The summed E-state index contributed by atoms with van der Waals surface area (Å²) in [5, 5.41) is 1.25. The van der Waals surface area contributed by atoms with Gasteiger partial charge in [-0.25, -0.2) is 0 Å². The lowest BCUT2D eigenvalue weighted by Crippen LogP contribution is -2.55. The predicted octanol–water partition coefficient (Wildman–Crippen LogP) is 7.19. The minimum absolute atomic E-state index is 0.521. The maximum atomic E-state index is 12.4. The molecule has 0 spiro atoms. The Bertz CT molecular complexity index is 923. The molecule has 0 bridgehead atoms. The smallest absolute Gasteiger partial charge is 0.226 e. The van der Waals surface area contributed by atoms with Gasteiger partial charge in [-0.1, -0.05) is 99.9 Å².